The Bertz CT molecular complexity index is 824. The number of hydrogen-bond donors (Lipinski definition) is 0. The van der Waals surface area contributed by atoms with E-state index in [1.54, 1.807) is 32.8 Å². The second-order valence-corrected chi connectivity index (χ2v) is 6.44. The molecule has 0 aliphatic carbocycles. The van der Waals surface area contributed by atoms with Crippen molar-refractivity contribution in [2.24, 2.45) is 0 Å². The molecule has 2 fully saturated rings. The van der Waals surface area contributed by atoms with E-state index in [-0.39, 0.29) is 17.9 Å². The van der Waals surface area contributed by atoms with E-state index in [4.69, 9.17) is 9.47 Å². The van der Waals surface area contributed by atoms with Crippen molar-refractivity contribution in [3.63, 3.8) is 0 Å². The average molecular weight is 372 g/mol. The van der Waals surface area contributed by atoms with Crippen LogP contribution in [0.15, 0.2) is 24.5 Å². The normalized spacial score (nSPS) is 17.5. The van der Waals surface area contributed by atoms with Gasteiger partial charge in [0.05, 0.1) is 38.1 Å². The summed E-state index contributed by atoms with van der Waals surface area (Å²) < 4.78 is 11.9. The van der Waals surface area contributed by atoms with Gasteiger partial charge in [0.25, 0.3) is 11.8 Å². The monoisotopic (exact) mass is 372 g/mol. The number of carbonyl (C=O) groups excluding carboxylic acids is 2. The highest BCUT2D eigenvalue weighted by Crippen LogP contribution is 2.23. The van der Waals surface area contributed by atoms with Crippen LogP contribution in [0.5, 0.6) is 5.88 Å². The molecule has 2 saturated heterocycles. The van der Waals surface area contributed by atoms with Gasteiger partial charge >= 0.3 is 0 Å². The molecule has 4 rings (SSSR count). The maximum atomic E-state index is 12.5. The van der Waals surface area contributed by atoms with Gasteiger partial charge in [0.15, 0.2) is 5.69 Å². The third-order valence-corrected chi connectivity index (χ3v) is 4.74. The summed E-state index contributed by atoms with van der Waals surface area (Å²) in [6, 6.07) is 3.36. The molecule has 2 aromatic heterocycles. The van der Waals surface area contributed by atoms with Crippen molar-refractivity contribution >= 4 is 11.8 Å². The molecular weight excluding hydrogens is 352 g/mol. The number of ether oxygens (including phenoxy) is 2. The Hall–Kier alpha value is -3.01. The standard InChI is InChI=1S/C17H20N6O4/c1-26-15-3-2-12(8-18-15)16(24)22-9-13(10-22)23-11-14(19-20-23)17(25)21-4-6-27-7-5-21/h2-3,8,11,13H,4-7,9-10H2,1H3. The van der Waals surface area contributed by atoms with Gasteiger partial charge in [-0.2, -0.15) is 0 Å². The van der Waals surface area contributed by atoms with Crippen LogP contribution in [0.25, 0.3) is 0 Å². The molecule has 0 N–H and O–H groups in total. The molecule has 0 aromatic carbocycles. The number of rotatable bonds is 4. The zero-order valence-electron chi connectivity index (χ0n) is 14.9. The fourth-order valence-electron chi connectivity index (χ4n) is 3.08. The molecule has 0 unspecified atom stereocenters. The maximum absolute atomic E-state index is 12.5. The second kappa shape index (κ2) is 7.31. The first-order chi connectivity index (χ1) is 13.2. The van der Waals surface area contributed by atoms with Crippen LogP contribution in [0, 0.1) is 0 Å². The van der Waals surface area contributed by atoms with Crippen molar-refractivity contribution in [3.05, 3.63) is 35.8 Å². The number of likely N-dealkylation sites (tertiary alicyclic amines) is 1. The van der Waals surface area contributed by atoms with Crippen LogP contribution in [0.4, 0.5) is 0 Å². The SMILES string of the molecule is COc1ccc(C(=O)N2CC(n3cc(C(=O)N4CCOCC4)nn3)C2)cn1. The summed E-state index contributed by atoms with van der Waals surface area (Å²) in [5, 5.41) is 8.06. The summed E-state index contributed by atoms with van der Waals surface area (Å²) in [6.45, 7) is 3.24. The third kappa shape index (κ3) is 3.47. The highest BCUT2D eigenvalue weighted by atomic mass is 16.5. The van der Waals surface area contributed by atoms with Crippen molar-refractivity contribution in [2.45, 2.75) is 6.04 Å². The van der Waals surface area contributed by atoms with Crippen molar-refractivity contribution in [3.8, 4) is 5.88 Å². The minimum atomic E-state index is -0.138. The highest BCUT2D eigenvalue weighted by molar-refractivity contribution is 5.94. The summed E-state index contributed by atoms with van der Waals surface area (Å²) in [6.07, 6.45) is 3.16. The fourth-order valence-corrected chi connectivity index (χ4v) is 3.08. The molecule has 2 aliphatic rings. The largest absolute Gasteiger partial charge is 0.481 e. The predicted molar refractivity (Wildman–Crippen MR) is 92.5 cm³/mol. The highest BCUT2D eigenvalue weighted by Gasteiger charge is 2.34. The van der Waals surface area contributed by atoms with Gasteiger partial charge in [-0.15, -0.1) is 5.10 Å². The number of nitrogens with zero attached hydrogens (tertiary/aromatic N) is 6. The molecule has 27 heavy (non-hydrogen) atoms. The Labute approximate surface area is 155 Å². The van der Waals surface area contributed by atoms with E-state index in [1.165, 1.54) is 13.3 Å². The van der Waals surface area contributed by atoms with Crippen molar-refractivity contribution in [1.82, 2.24) is 29.8 Å². The van der Waals surface area contributed by atoms with Crippen LogP contribution in [0.3, 0.4) is 0 Å². The number of hydrogen-bond acceptors (Lipinski definition) is 7. The first kappa shape index (κ1) is 17.4. The molecular formula is C17H20N6O4. The zero-order valence-corrected chi connectivity index (χ0v) is 14.9. The van der Waals surface area contributed by atoms with Crippen LogP contribution in [0.1, 0.15) is 26.9 Å². The molecule has 2 amide bonds. The first-order valence-corrected chi connectivity index (χ1v) is 8.74. The lowest BCUT2D eigenvalue weighted by Crippen LogP contribution is -2.50. The summed E-state index contributed by atoms with van der Waals surface area (Å²) in [5.41, 5.74) is 0.831. The molecule has 0 bridgehead atoms. The van der Waals surface area contributed by atoms with E-state index in [1.807, 2.05) is 0 Å². The lowest BCUT2D eigenvalue weighted by Gasteiger charge is -2.38. The Kier molecular flexibility index (Phi) is 4.71. The van der Waals surface area contributed by atoms with Gasteiger partial charge < -0.3 is 19.3 Å². The van der Waals surface area contributed by atoms with Gasteiger partial charge in [0.2, 0.25) is 5.88 Å². The summed E-state index contributed by atoms with van der Waals surface area (Å²) in [5.74, 6) is 0.236. The van der Waals surface area contributed by atoms with Crippen molar-refractivity contribution in [2.75, 3.05) is 46.5 Å². The number of pyridine rings is 1. The van der Waals surface area contributed by atoms with E-state index in [0.717, 1.165) is 0 Å². The van der Waals surface area contributed by atoms with E-state index in [2.05, 4.69) is 15.3 Å². The molecule has 10 heteroatoms. The van der Waals surface area contributed by atoms with Crippen LogP contribution in [-0.4, -0.2) is 88.1 Å². The van der Waals surface area contributed by atoms with Crippen molar-refractivity contribution < 1.29 is 19.1 Å². The van der Waals surface area contributed by atoms with Crippen LogP contribution >= 0.6 is 0 Å². The summed E-state index contributed by atoms with van der Waals surface area (Å²) in [4.78, 5) is 32.4. The van der Waals surface area contributed by atoms with Crippen LogP contribution in [-0.2, 0) is 4.74 Å². The molecule has 4 heterocycles. The van der Waals surface area contributed by atoms with Gasteiger partial charge in [0, 0.05) is 38.4 Å². The van der Waals surface area contributed by atoms with Gasteiger partial charge in [-0.3, -0.25) is 9.59 Å². The van der Waals surface area contributed by atoms with Crippen LogP contribution < -0.4 is 4.74 Å². The molecule has 142 valence electrons. The number of amides is 2. The topological polar surface area (TPSA) is 103 Å². The summed E-state index contributed by atoms with van der Waals surface area (Å²) >= 11 is 0. The molecule has 0 saturated carbocycles. The Morgan fingerprint density at radius 3 is 2.59 bits per heavy atom. The number of aromatic nitrogens is 4. The van der Waals surface area contributed by atoms with E-state index < -0.39 is 0 Å². The third-order valence-electron chi connectivity index (χ3n) is 4.74. The molecule has 0 atom stereocenters. The Morgan fingerprint density at radius 1 is 1.15 bits per heavy atom. The molecule has 10 nitrogen and oxygen atoms in total. The quantitative estimate of drug-likeness (QED) is 0.735. The fraction of sp³-hybridized carbons (Fsp3) is 0.471. The first-order valence-electron chi connectivity index (χ1n) is 8.74. The number of methoxy groups -OCH3 is 1. The van der Waals surface area contributed by atoms with Crippen molar-refractivity contribution in [1.29, 1.82) is 0 Å². The van der Waals surface area contributed by atoms with E-state index >= 15 is 0 Å². The van der Waals surface area contributed by atoms with Gasteiger partial charge in [-0.25, -0.2) is 9.67 Å². The van der Waals surface area contributed by atoms with Gasteiger partial charge in [0.1, 0.15) is 0 Å². The number of carbonyl (C=O) groups is 2. The zero-order chi connectivity index (χ0) is 18.8. The Balaban J connectivity index is 1.34. The molecule has 0 radical (unpaired) electrons. The van der Waals surface area contributed by atoms with E-state index in [9.17, 15) is 9.59 Å². The summed E-state index contributed by atoms with van der Waals surface area (Å²) in [7, 11) is 1.53. The molecule has 0 spiro atoms. The maximum Gasteiger partial charge on any atom is 0.276 e. The number of morpholine rings is 1. The second-order valence-electron chi connectivity index (χ2n) is 6.44. The molecule has 2 aromatic rings. The van der Waals surface area contributed by atoms with E-state index in [0.29, 0.717) is 56.5 Å². The lowest BCUT2D eigenvalue weighted by atomic mass is 10.1. The average Bonchev–Trinajstić information content (AvgIpc) is 3.16. The van der Waals surface area contributed by atoms with Crippen LogP contribution in [0.2, 0.25) is 0 Å². The Morgan fingerprint density at radius 2 is 1.93 bits per heavy atom. The molecule has 2 aliphatic heterocycles. The van der Waals surface area contributed by atoms with Gasteiger partial charge in [-0.05, 0) is 6.07 Å². The lowest BCUT2D eigenvalue weighted by molar-refractivity contribution is 0.0298. The van der Waals surface area contributed by atoms with Gasteiger partial charge in [-0.1, -0.05) is 5.21 Å². The minimum Gasteiger partial charge on any atom is -0.481 e. The predicted octanol–water partition coefficient (Wildman–Crippen LogP) is -0.149. The minimum absolute atomic E-state index is 0.0129. The smallest absolute Gasteiger partial charge is 0.276 e.